The van der Waals surface area contributed by atoms with Crippen LogP contribution < -0.4 is 14.8 Å². The van der Waals surface area contributed by atoms with Gasteiger partial charge in [-0.25, -0.2) is 13.1 Å². The van der Waals surface area contributed by atoms with Crippen molar-refractivity contribution in [1.82, 2.24) is 10.0 Å². The van der Waals surface area contributed by atoms with Crippen LogP contribution in [0.4, 0.5) is 0 Å². The number of fused-ring (bicyclic) bond motifs is 1. The molecule has 7 heteroatoms. The number of nitrogens with one attached hydrogen (secondary N) is 2. The summed E-state index contributed by atoms with van der Waals surface area (Å²) in [6.45, 7) is 3.20. The summed E-state index contributed by atoms with van der Waals surface area (Å²) in [5.41, 5.74) is 1.19. The second kappa shape index (κ2) is 10.9. The number of amides is 1. The van der Waals surface area contributed by atoms with Crippen molar-refractivity contribution < 1.29 is 17.9 Å². The molecule has 0 aliphatic rings. The summed E-state index contributed by atoms with van der Waals surface area (Å²) in [6, 6.07) is 20.4. The monoisotopic (exact) mass is 440 g/mol. The molecule has 0 fully saturated rings. The van der Waals surface area contributed by atoms with Crippen LogP contribution in [0.25, 0.3) is 10.8 Å². The van der Waals surface area contributed by atoms with Crippen LogP contribution in [0.15, 0.2) is 71.6 Å². The molecule has 0 radical (unpaired) electrons. The van der Waals surface area contributed by atoms with Crippen molar-refractivity contribution in [3.63, 3.8) is 0 Å². The molecule has 0 aliphatic heterocycles. The van der Waals surface area contributed by atoms with Gasteiger partial charge in [-0.1, -0.05) is 48.0 Å². The molecule has 0 saturated heterocycles. The molecule has 2 N–H and O–H groups in total. The second-order valence-electron chi connectivity index (χ2n) is 7.38. The van der Waals surface area contributed by atoms with Gasteiger partial charge in [0, 0.05) is 19.5 Å². The lowest BCUT2D eigenvalue weighted by molar-refractivity contribution is -0.120. The Morgan fingerprint density at radius 1 is 0.903 bits per heavy atom. The average molecular weight is 441 g/mol. The molecular formula is C24H28N2O4S. The summed E-state index contributed by atoms with van der Waals surface area (Å²) >= 11 is 0. The Balaban J connectivity index is 1.32. The Kier molecular flexibility index (Phi) is 8.03. The highest BCUT2D eigenvalue weighted by Gasteiger charge is 2.14. The van der Waals surface area contributed by atoms with Crippen molar-refractivity contribution >= 4 is 26.7 Å². The number of rotatable bonds is 11. The van der Waals surface area contributed by atoms with Gasteiger partial charge >= 0.3 is 0 Å². The summed E-state index contributed by atoms with van der Waals surface area (Å²) in [6.07, 6.45) is 1.70. The summed E-state index contributed by atoms with van der Waals surface area (Å²) < 4.78 is 33.1. The number of carbonyl (C=O) groups is 1. The number of hydrogen-bond acceptors (Lipinski definition) is 4. The number of benzene rings is 3. The van der Waals surface area contributed by atoms with E-state index in [1.165, 1.54) is 5.56 Å². The van der Waals surface area contributed by atoms with E-state index in [0.717, 1.165) is 29.4 Å². The smallest absolute Gasteiger partial charge is 0.240 e. The zero-order chi connectivity index (χ0) is 22.1. The van der Waals surface area contributed by atoms with Crippen LogP contribution in [0.5, 0.6) is 5.75 Å². The summed E-state index contributed by atoms with van der Waals surface area (Å²) in [5, 5.41) is 4.64. The first-order valence-corrected chi connectivity index (χ1v) is 11.9. The molecule has 0 saturated carbocycles. The minimum atomic E-state index is -3.66. The van der Waals surface area contributed by atoms with Crippen molar-refractivity contribution in [3.05, 3.63) is 72.3 Å². The third-order valence-electron chi connectivity index (χ3n) is 4.86. The maximum Gasteiger partial charge on any atom is 0.240 e. The van der Waals surface area contributed by atoms with Crippen LogP contribution in [-0.4, -0.2) is 34.0 Å². The topological polar surface area (TPSA) is 84.5 Å². The van der Waals surface area contributed by atoms with E-state index in [4.69, 9.17) is 4.74 Å². The molecule has 1 amide bonds. The molecule has 0 atom stereocenters. The van der Waals surface area contributed by atoms with Crippen LogP contribution in [-0.2, 0) is 14.8 Å². The van der Waals surface area contributed by atoms with E-state index in [9.17, 15) is 13.2 Å². The van der Waals surface area contributed by atoms with Crippen molar-refractivity contribution in [2.75, 3.05) is 19.7 Å². The molecular weight excluding hydrogens is 412 g/mol. The van der Waals surface area contributed by atoms with E-state index in [0.29, 0.717) is 13.2 Å². The summed E-state index contributed by atoms with van der Waals surface area (Å²) in [4.78, 5) is 12.1. The van der Waals surface area contributed by atoms with Gasteiger partial charge in [0.2, 0.25) is 15.9 Å². The van der Waals surface area contributed by atoms with Crippen molar-refractivity contribution in [2.24, 2.45) is 0 Å². The summed E-state index contributed by atoms with van der Waals surface area (Å²) in [5.74, 6) is 0.661. The highest BCUT2D eigenvalue weighted by atomic mass is 32.2. The van der Waals surface area contributed by atoms with Gasteiger partial charge in [-0.3, -0.25) is 4.79 Å². The third kappa shape index (κ3) is 7.08. The third-order valence-corrected chi connectivity index (χ3v) is 6.32. The van der Waals surface area contributed by atoms with Gasteiger partial charge < -0.3 is 10.1 Å². The molecule has 0 bridgehead atoms. The van der Waals surface area contributed by atoms with E-state index in [1.54, 1.807) is 18.2 Å². The molecule has 164 valence electrons. The molecule has 3 aromatic carbocycles. The number of unbranched alkanes of at least 4 members (excludes halogenated alkanes) is 1. The number of sulfonamides is 1. The number of ether oxygens (including phenoxy) is 1. The largest absolute Gasteiger partial charge is 0.494 e. The molecule has 3 aromatic rings. The normalized spacial score (nSPS) is 11.4. The van der Waals surface area contributed by atoms with Gasteiger partial charge in [-0.2, -0.15) is 0 Å². The first kappa shape index (κ1) is 22.8. The van der Waals surface area contributed by atoms with Crippen molar-refractivity contribution in [3.8, 4) is 5.75 Å². The van der Waals surface area contributed by atoms with Crippen LogP contribution in [0.3, 0.4) is 0 Å². The Hall–Kier alpha value is -2.90. The van der Waals surface area contributed by atoms with E-state index < -0.39 is 10.0 Å². The van der Waals surface area contributed by atoms with Gasteiger partial charge in [0.25, 0.3) is 0 Å². The lowest BCUT2D eigenvalue weighted by Crippen LogP contribution is -2.31. The van der Waals surface area contributed by atoms with Crippen LogP contribution in [0, 0.1) is 6.92 Å². The maximum absolute atomic E-state index is 12.5. The number of carbonyl (C=O) groups excluding carboxylic acids is 1. The average Bonchev–Trinajstić information content (AvgIpc) is 2.77. The molecule has 0 aliphatic carbocycles. The molecule has 6 nitrogen and oxygen atoms in total. The summed E-state index contributed by atoms with van der Waals surface area (Å²) in [7, 11) is -3.66. The minimum Gasteiger partial charge on any atom is -0.494 e. The molecule has 0 unspecified atom stereocenters. The molecule has 31 heavy (non-hydrogen) atoms. The van der Waals surface area contributed by atoms with E-state index in [2.05, 4.69) is 10.0 Å². The predicted molar refractivity (Wildman–Crippen MR) is 123 cm³/mol. The molecule has 3 rings (SSSR count). The van der Waals surface area contributed by atoms with Crippen LogP contribution in [0.2, 0.25) is 0 Å². The van der Waals surface area contributed by atoms with Crippen molar-refractivity contribution in [2.45, 2.75) is 31.1 Å². The predicted octanol–water partition coefficient (Wildman–Crippen LogP) is 3.79. The zero-order valence-electron chi connectivity index (χ0n) is 17.6. The minimum absolute atomic E-state index is 0.0531. The fraction of sp³-hybridized carbons (Fsp3) is 0.292. The Labute approximate surface area is 183 Å². The first-order valence-electron chi connectivity index (χ1n) is 10.4. The maximum atomic E-state index is 12.5. The zero-order valence-corrected chi connectivity index (χ0v) is 18.5. The lowest BCUT2D eigenvalue weighted by atomic mass is 10.1. The quantitative estimate of drug-likeness (QED) is 0.444. The van der Waals surface area contributed by atoms with Gasteiger partial charge in [-0.15, -0.1) is 0 Å². The lowest BCUT2D eigenvalue weighted by Gasteiger charge is -2.09. The van der Waals surface area contributed by atoms with Crippen LogP contribution in [0.1, 0.15) is 24.8 Å². The Morgan fingerprint density at radius 3 is 2.42 bits per heavy atom. The Morgan fingerprint density at radius 2 is 1.65 bits per heavy atom. The highest BCUT2D eigenvalue weighted by molar-refractivity contribution is 7.89. The van der Waals surface area contributed by atoms with Gasteiger partial charge in [0.1, 0.15) is 5.75 Å². The van der Waals surface area contributed by atoms with Crippen LogP contribution >= 0.6 is 0 Å². The van der Waals surface area contributed by atoms with Gasteiger partial charge in [0.05, 0.1) is 11.5 Å². The van der Waals surface area contributed by atoms with Gasteiger partial charge in [0.15, 0.2) is 0 Å². The fourth-order valence-electron chi connectivity index (χ4n) is 3.08. The fourth-order valence-corrected chi connectivity index (χ4v) is 4.15. The standard InChI is InChI=1S/C24H28N2O4S/c1-19-8-11-22(12-9-19)30-17-5-4-15-25-24(27)14-16-26-31(28,29)23-13-10-20-6-2-3-7-21(20)18-23/h2-3,6-13,18,26H,4-5,14-17H2,1H3,(H,25,27). The van der Waals surface area contributed by atoms with E-state index in [-0.39, 0.29) is 23.8 Å². The van der Waals surface area contributed by atoms with Gasteiger partial charge in [-0.05, 0) is 54.8 Å². The highest BCUT2D eigenvalue weighted by Crippen LogP contribution is 2.18. The molecule has 0 spiro atoms. The molecule has 0 heterocycles. The number of aryl methyl sites for hydroxylation is 1. The van der Waals surface area contributed by atoms with E-state index in [1.807, 2.05) is 55.5 Å². The second-order valence-corrected chi connectivity index (χ2v) is 9.14. The molecule has 0 aromatic heterocycles. The first-order chi connectivity index (χ1) is 14.9. The number of hydrogen-bond donors (Lipinski definition) is 2. The van der Waals surface area contributed by atoms with Crippen molar-refractivity contribution in [1.29, 1.82) is 0 Å². The van der Waals surface area contributed by atoms with E-state index >= 15 is 0 Å². The SMILES string of the molecule is Cc1ccc(OCCCCNC(=O)CCNS(=O)(=O)c2ccc3ccccc3c2)cc1. The Bertz CT molecular complexity index is 1110.